The molecule has 10 nitrogen and oxygen atoms in total. The van der Waals surface area contributed by atoms with Gasteiger partial charge in [0, 0.05) is 38.3 Å². The van der Waals surface area contributed by atoms with E-state index in [-0.39, 0.29) is 31.8 Å². The zero-order valence-corrected chi connectivity index (χ0v) is 20.2. The van der Waals surface area contributed by atoms with Crippen molar-refractivity contribution < 1.29 is 42.6 Å². The van der Waals surface area contributed by atoms with Crippen LogP contribution in [0.1, 0.15) is 12.0 Å². The van der Waals surface area contributed by atoms with Gasteiger partial charge in [0.1, 0.15) is 17.9 Å². The number of rotatable bonds is 5. The number of carbonyl (C=O) groups is 3. The summed E-state index contributed by atoms with van der Waals surface area (Å²) in [6.07, 6.45) is -7.36. The van der Waals surface area contributed by atoms with Gasteiger partial charge in [-0.3, -0.25) is 19.7 Å². The predicted molar refractivity (Wildman–Crippen MR) is 128 cm³/mol. The summed E-state index contributed by atoms with van der Waals surface area (Å²) in [6, 6.07) is 12.2. The lowest BCUT2D eigenvalue weighted by molar-refractivity contribution is -0.150. The molecule has 0 spiro atoms. The number of alkyl halides is 3. The van der Waals surface area contributed by atoms with Crippen molar-refractivity contribution in [2.75, 3.05) is 37.6 Å². The van der Waals surface area contributed by atoms with Crippen molar-refractivity contribution >= 4 is 23.6 Å². The van der Waals surface area contributed by atoms with E-state index in [0.29, 0.717) is 13.1 Å². The number of anilines is 1. The molecule has 2 aromatic carbocycles. The summed E-state index contributed by atoms with van der Waals surface area (Å²) in [6.45, 7) is 1.20. The van der Waals surface area contributed by atoms with Crippen LogP contribution in [-0.2, 0) is 15.8 Å². The fourth-order valence-corrected chi connectivity index (χ4v) is 4.91. The van der Waals surface area contributed by atoms with Gasteiger partial charge in [-0.15, -0.1) is 0 Å². The highest BCUT2D eigenvalue weighted by Gasteiger charge is 2.48. The maximum absolute atomic E-state index is 13.5. The first-order valence-corrected chi connectivity index (χ1v) is 11.9. The first-order valence-electron chi connectivity index (χ1n) is 11.9. The second kappa shape index (κ2) is 11.2. The minimum atomic E-state index is -4.61. The van der Waals surface area contributed by atoms with Crippen LogP contribution in [0.15, 0.2) is 54.6 Å². The third-order valence-electron chi connectivity index (χ3n) is 6.76. The van der Waals surface area contributed by atoms with E-state index in [4.69, 9.17) is 4.74 Å². The van der Waals surface area contributed by atoms with E-state index in [0.717, 1.165) is 28.8 Å². The third-order valence-corrected chi connectivity index (χ3v) is 6.76. The summed E-state index contributed by atoms with van der Waals surface area (Å²) in [5.74, 6) is -3.08. The summed E-state index contributed by atoms with van der Waals surface area (Å²) in [7, 11) is 0. The second-order valence-corrected chi connectivity index (χ2v) is 9.11. The summed E-state index contributed by atoms with van der Waals surface area (Å²) < 4.78 is 44.9. The highest BCUT2D eigenvalue weighted by molar-refractivity contribution is 5.92. The molecule has 13 heteroatoms. The number of piperazine rings is 1. The largest absolute Gasteiger partial charge is 0.489 e. The lowest BCUT2D eigenvalue weighted by Crippen LogP contribution is -2.64. The molecule has 0 aliphatic carbocycles. The number of carboxylic acid groups (broad SMARTS) is 1. The van der Waals surface area contributed by atoms with E-state index >= 15 is 0 Å². The van der Waals surface area contributed by atoms with Gasteiger partial charge in [0.05, 0.1) is 18.0 Å². The van der Waals surface area contributed by atoms with Crippen LogP contribution < -0.4 is 15.1 Å². The summed E-state index contributed by atoms with van der Waals surface area (Å²) in [5, 5.41) is 19.2. The van der Waals surface area contributed by atoms with Gasteiger partial charge in [0.2, 0.25) is 11.8 Å². The van der Waals surface area contributed by atoms with Gasteiger partial charge in [-0.1, -0.05) is 24.3 Å². The van der Waals surface area contributed by atoms with Crippen LogP contribution >= 0.6 is 0 Å². The Bertz CT molecular complexity index is 1160. The number of hydrogen-bond donors (Lipinski definition) is 3. The number of hydrogen-bond acceptors (Lipinski definition) is 6. The van der Waals surface area contributed by atoms with Gasteiger partial charge < -0.3 is 19.6 Å². The van der Waals surface area contributed by atoms with Crippen LogP contribution in [0.3, 0.4) is 0 Å². The molecule has 2 aliphatic heterocycles. The van der Waals surface area contributed by atoms with Gasteiger partial charge in [-0.2, -0.15) is 13.2 Å². The summed E-state index contributed by atoms with van der Waals surface area (Å²) >= 11 is 0. The molecule has 204 valence electrons. The Labute approximate surface area is 216 Å². The molecule has 38 heavy (non-hydrogen) atoms. The van der Waals surface area contributed by atoms with E-state index in [9.17, 15) is 37.9 Å². The highest BCUT2D eigenvalue weighted by Crippen LogP contribution is 2.33. The van der Waals surface area contributed by atoms with Crippen molar-refractivity contribution in [3.63, 3.8) is 0 Å². The first kappa shape index (κ1) is 27.0. The molecule has 2 aliphatic rings. The van der Waals surface area contributed by atoms with Gasteiger partial charge in [-0.05, 0) is 30.3 Å². The van der Waals surface area contributed by atoms with Crippen LogP contribution in [0.2, 0.25) is 0 Å². The lowest BCUT2D eigenvalue weighted by Gasteiger charge is -2.44. The maximum Gasteiger partial charge on any atom is 0.416 e. The Hall–Kier alpha value is -4.00. The van der Waals surface area contributed by atoms with Crippen molar-refractivity contribution in [3.8, 4) is 5.75 Å². The molecule has 4 rings (SSSR count). The van der Waals surface area contributed by atoms with E-state index in [1.165, 1.54) is 16.4 Å². The van der Waals surface area contributed by atoms with E-state index in [2.05, 4.69) is 4.90 Å². The van der Waals surface area contributed by atoms with Gasteiger partial charge in [0.25, 0.3) is 0 Å². The Balaban J connectivity index is 1.52. The molecule has 2 aromatic rings. The monoisotopic (exact) mass is 536 g/mol. The van der Waals surface area contributed by atoms with E-state index in [1.807, 2.05) is 30.3 Å². The number of nitrogens with zero attached hydrogens (tertiary/aromatic N) is 3. The fourth-order valence-electron chi connectivity index (χ4n) is 4.91. The Kier molecular flexibility index (Phi) is 7.95. The predicted octanol–water partition coefficient (Wildman–Crippen LogP) is 2.68. The summed E-state index contributed by atoms with van der Waals surface area (Å²) in [5.41, 5.74) is 1.51. The number of para-hydroxylation sites is 1. The first-order chi connectivity index (χ1) is 18.1. The fraction of sp³-hybridized carbons (Fsp3) is 0.400. The number of nitrogens with one attached hydrogen (secondary N) is 1. The molecule has 3 atom stereocenters. The molecule has 3 N–H and O–H groups in total. The molecule has 0 radical (unpaired) electrons. The number of halogens is 3. The smallest absolute Gasteiger partial charge is 0.416 e. The summed E-state index contributed by atoms with van der Waals surface area (Å²) in [4.78, 5) is 42.6. The number of hydroxylamine groups is 1. The van der Waals surface area contributed by atoms with Crippen molar-refractivity contribution in [3.05, 3.63) is 60.2 Å². The Morgan fingerprint density at radius 3 is 2.26 bits per heavy atom. The average molecular weight is 537 g/mol. The molecule has 0 saturated carbocycles. The maximum atomic E-state index is 13.5. The van der Waals surface area contributed by atoms with E-state index in [1.54, 1.807) is 0 Å². The normalized spacial score (nSPS) is 22.1. The lowest BCUT2D eigenvalue weighted by atomic mass is 9.86. The third kappa shape index (κ3) is 5.93. The molecule has 3 amide bonds. The highest BCUT2D eigenvalue weighted by atomic mass is 19.4. The molecule has 0 aromatic heterocycles. The SMILES string of the molecule is O=C(NO)[C@H]1C[C@H](Oc2cccc(C(F)(F)F)c2)CN(C(=O)O)[C@@H]1C(=O)N1CCN(c2ccccc2)CC1. The average Bonchev–Trinajstić information content (AvgIpc) is 2.92. The van der Waals surface area contributed by atoms with Crippen molar-refractivity contribution in [1.82, 2.24) is 15.3 Å². The van der Waals surface area contributed by atoms with Crippen LogP contribution in [0.4, 0.5) is 23.7 Å². The topological polar surface area (TPSA) is 123 Å². The van der Waals surface area contributed by atoms with Crippen LogP contribution in [0, 0.1) is 5.92 Å². The number of likely N-dealkylation sites (tertiary alicyclic amines) is 1. The number of carbonyl (C=O) groups excluding carboxylic acids is 2. The molecular weight excluding hydrogens is 509 g/mol. The minimum Gasteiger partial charge on any atom is -0.489 e. The molecule has 0 unspecified atom stereocenters. The van der Waals surface area contributed by atoms with Crippen molar-refractivity contribution in [1.29, 1.82) is 0 Å². The molecule has 0 bridgehead atoms. The van der Waals surface area contributed by atoms with Gasteiger partial charge in [0.15, 0.2) is 0 Å². The van der Waals surface area contributed by atoms with Gasteiger partial charge in [-0.25, -0.2) is 10.3 Å². The Morgan fingerprint density at radius 1 is 0.974 bits per heavy atom. The second-order valence-electron chi connectivity index (χ2n) is 9.11. The van der Waals surface area contributed by atoms with Crippen LogP contribution in [-0.4, -0.2) is 82.9 Å². The molecule has 2 heterocycles. The minimum absolute atomic E-state index is 0.167. The number of piperidine rings is 1. The number of amides is 3. The van der Waals surface area contributed by atoms with Crippen molar-refractivity contribution in [2.24, 2.45) is 5.92 Å². The standard InChI is InChI=1S/C25H27F3N4O6/c26-25(27,28)16-5-4-8-18(13-16)38-19-14-20(22(33)29-37)21(32(15-19)24(35)36)23(34)31-11-9-30(10-12-31)17-6-2-1-3-7-17/h1-8,13,19-21,37H,9-12,14-15H2,(H,29,33)(H,35,36)/t19-,20-,21-/m0/s1. The van der Waals surface area contributed by atoms with E-state index < -0.39 is 47.7 Å². The molecule has 2 saturated heterocycles. The van der Waals surface area contributed by atoms with Crippen molar-refractivity contribution in [2.45, 2.75) is 24.7 Å². The molecular formula is C25H27F3N4O6. The van der Waals surface area contributed by atoms with Crippen LogP contribution in [0.5, 0.6) is 5.75 Å². The van der Waals surface area contributed by atoms with Crippen LogP contribution in [0.25, 0.3) is 0 Å². The zero-order chi connectivity index (χ0) is 27.4. The molecule has 2 fully saturated rings. The Morgan fingerprint density at radius 2 is 1.66 bits per heavy atom. The quantitative estimate of drug-likeness (QED) is 0.397. The van der Waals surface area contributed by atoms with Gasteiger partial charge >= 0.3 is 12.3 Å². The zero-order valence-electron chi connectivity index (χ0n) is 20.2. The number of ether oxygens (including phenoxy) is 1. The number of benzene rings is 2.